The molecule has 0 saturated carbocycles. The lowest BCUT2D eigenvalue weighted by Crippen LogP contribution is -2.28. The van der Waals surface area contributed by atoms with E-state index < -0.39 is 0 Å². The van der Waals surface area contributed by atoms with Gasteiger partial charge in [-0.2, -0.15) is 0 Å². The molecule has 0 fully saturated rings. The SMILES string of the molecule is CCOc1ccc(CC(=O)NC(C)c2ccccc2)cc1. The summed E-state index contributed by atoms with van der Waals surface area (Å²) < 4.78 is 5.39. The predicted octanol–water partition coefficient (Wildman–Crippen LogP) is 3.51. The number of ether oxygens (including phenoxy) is 1. The number of hydrogen-bond donors (Lipinski definition) is 1. The first-order chi connectivity index (χ1) is 10.2. The van der Waals surface area contributed by atoms with Crippen LogP contribution in [0.2, 0.25) is 0 Å². The number of nitrogens with one attached hydrogen (secondary N) is 1. The molecule has 1 unspecified atom stereocenters. The summed E-state index contributed by atoms with van der Waals surface area (Å²) in [4.78, 5) is 12.1. The van der Waals surface area contributed by atoms with Crippen LogP contribution in [-0.2, 0) is 11.2 Å². The van der Waals surface area contributed by atoms with Crippen LogP contribution in [-0.4, -0.2) is 12.5 Å². The van der Waals surface area contributed by atoms with Crippen molar-refractivity contribution in [3.05, 3.63) is 65.7 Å². The molecule has 0 aromatic heterocycles. The van der Waals surface area contributed by atoms with Gasteiger partial charge in [0, 0.05) is 0 Å². The highest BCUT2D eigenvalue weighted by molar-refractivity contribution is 5.79. The summed E-state index contributed by atoms with van der Waals surface area (Å²) in [5.74, 6) is 0.856. The maximum atomic E-state index is 12.1. The molecule has 110 valence electrons. The zero-order valence-corrected chi connectivity index (χ0v) is 12.5. The summed E-state index contributed by atoms with van der Waals surface area (Å²) in [5, 5.41) is 3.01. The van der Waals surface area contributed by atoms with Gasteiger partial charge in [-0.05, 0) is 37.1 Å². The molecule has 3 heteroatoms. The quantitative estimate of drug-likeness (QED) is 0.881. The number of carbonyl (C=O) groups excluding carboxylic acids is 1. The van der Waals surface area contributed by atoms with Crippen molar-refractivity contribution in [1.82, 2.24) is 5.32 Å². The second-order valence-electron chi connectivity index (χ2n) is 4.95. The van der Waals surface area contributed by atoms with Crippen LogP contribution in [0.1, 0.15) is 31.0 Å². The summed E-state index contributed by atoms with van der Waals surface area (Å²) >= 11 is 0. The molecule has 1 atom stereocenters. The van der Waals surface area contributed by atoms with E-state index in [1.807, 2.05) is 68.4 Å². The lowest BCUT2D eigenvalue weighted by molar-refractivity contribution is -0.121. The second kappa shape index (κ2) is 7.48. The molecule has 2 aromatic carbocycles. The van der Waals surface area contributed by atoms with Gasteiger partial charge in [-0.25, -0.2) is 0 Å². The Morgan fingerprint density at radius 3 is 2.38 bits per heavy atom. The first-order valence-electron chi connectivity index (χ1n) is 7.25. The maximum Gasteiger partial charge on any atom is 0.224 e. The molecule has 3 nitrogen and oxygen atoms in total. The Morgan fingerprint density at radius 1 is 1.10 bits per heavy atom. The van der Waals surface area contributed by atoms with E-state index in [2.05, 4.69) is 5.32 Å². The Morgan fingerprint density at radius 2 is 1.76 bits per heavy atom. The van der Waals surface area contributed by atoms with Crippen LogP contribution >= 0.6 is 0 Å². The molecule has 2 rings (SSSR count). The van der Waals surface area contributed by atoms with E-state index in [-0.39, 0.29) is 11.9 Å². The third-order valence-corrected chi connectivity index (χ3v) is 3.28. The molecule has 1 amide bonds. The van der Waals surface area contributed by atoms with Gasteiger partial charge in [0.2, 0.25) is 5.91 Å². The summed E-state index contributed by atoms with van der Waals surface area (Å²) in [5.41, 5.74) is 2.09. The number of carbonyl (C=O) groups is 1. The zero-order chi connectivity index (χ0) is 15.1. The molecule has 0 aliphatic rings. The monoisotopic (exact) mass is 283 g/mol. The van der Waals surface area contributed by atoms with Crippen LogP contribution in [0.4, 0.5) is 0 Å². The Bertz CT molecular complexity index is 564. The topological polar surface area (TPSA) is 38.3 Å². The van der Waals surface area contributed by atoms with Crippen molar-refractivity contribution in [2.45, 2.75) is 26.3 Å². The largest absolute Gasteiger partial charge is 0.494 e. The van der Waals surface area contributed by atoms with Crippen molar-refractivity contribution in [2.75, 3.05) is 6.61 Å². The Hall–Kier alpha value is -2.29. The molecule has 0 aliphatic carbocycles. The Labute approximate surface area is 126 Å². The number of rotatable bonds is 6. The average molecular weight is 283 g/mol. The molecule has 0 bridgehead atoms. The zero-order valence-electron chi connectivity index (χ0n) is 12.5. The van der Waals surface area contributed by atoms with Gasteiger partial charge in [0.05, 0.1) is 19.1 Å². The van der Waals surface area contributed by atoms with Gasteiger partial charge in [-0.1, -0.05) is 42.5 Å². The smallest absolute Gasteiger partial charge is 0.224 e. The van der Waals surface area contributed by atoms with Gasteiger partial charge in [0.15, 0.2) is 0 Å². The van der Waals surface area contributed by atoms with E-state index in [9.17, 15) is 4.79 Å². The maximum absolute atomic E-state index is 12.1. The fourth-order valence-corrected chi connectivity index (χ4v) is 2.17. The van der Waals surface area contributed by atoms with Crippen molar-refractivity contribution in [3.8, 4) is 5.75 Å². The van der Waals surface area contributed by atoms with Crippen LogP contribution in [0.5, 0.6) is 5.75 Å². The van der Waals surface area contributed by atoms with Gasteiger partial charge in [-0.3, -0.25) is 4.79 Å². The molecule has 0 radical (unpaired) electrons. The van der Waals surface area contributed by atoms with Gasteiger partial charge in [0.25, 0.3) is 0 Å². The van der Waals surface area contributed by atoms with Crippen LogP contribution in [0.15, 0.2) is 54.6 Å². The van der Waals surface area contributed by atoms with E-state index in [1.165, 1.54) is 0 Å². The molecular weight excluding hydrogens is 262 g/mol. The minimum Gasteiger partial charge on any atom is -0.494 e. The summed E-state index contributed by atoms with van der Waals surface area (Å²) in [6, 6.07) is 17.6. The minimum absolute atomic E-state index is 0.0152. The van der Waals surface area contributed by atoms with E-state index in [0.29, 0.717) is 13.0 Å². The average Bonchev–Trinajstić information content (AvgIpc) is 2.50. The fraction of sp³-hybridized carbons (Fsp3) is 0.278. The Balaban J connectivity index is 1.89. The number of amides is 1. The molecule has 0 aliphatic heterocycles. The highest BCUT2D eigenvalue weighted by Gasteiger charge is 2.09. The summed E-state index contributed by atoms with van der Waals surface area (Å²) in [7, 11) is 0. The molecule has 21 heavy (non-hydrogen) atoms. The first-order valence-corrected chi connectivity index (χ1v) is 7.25. The third-order valence-electron chi connectivity index (χ3n) is 3.28. The molecule has 0 saturated heterocycles. The standard InChI is InChI=1S/C18H21NO2/c1-3-21-17-11-9-15(10-12-17)13-18(20)19-14(2)16-7-5-4-6-8-16/h4-12,14H,3,13H2,1-2H3,(H,19,20). The van der Waals surface area contributed by atoms with Crippen LogP contribution in [0.3, 0.4) is 0 Å². The summed E-state index contributed by atoms with van der Waals surface area (Å²) in [6.07, 6.45) is 0.379. The summed E-state index contributed by atoms with van der Waals surface area (Å²) in [6.45, 7) is 4.59. The predicted molar refractivity (Wildman–Crippen MR) is 84.3 cm³/mol. The van der Waals surface area contributed by atoms with Crippen molar-refractivity contribution in [2.24, 2.45) is 0 Å². The third kappa shape index (κ3) is 4.63. The molecule has 2 aromatic rings. The van der Waals surface area contributed by atoms with Gasteiger partial charge >= 0.3 is 0 Å². The highest BCUT2D eigenvalue weighted by Crippen LogP contribution is 2.14. The van der Waals surface area contributed by atoms with Crippen LogP contribution < -0.4 is 10.1 Å². The number of hydrogen-bond acceptors (Lipinski definition) is 2. The fourth-order valence-electron chi connectivity index (χ4n) is 2.17. The van der Waals surface area contributed by atoms with Gasteiger partial charge in [-0.15, -0.1) is 0 Å². The molecule has 0 heterocycles. The van der Waals surface area contributed by atoms with E-state index in [0.717, 1.165) is 16.9 Å². The normalized spacial score (nSPS) is 11.7. The lowest BCUT2D eigenvalue weighted by Gasteiger charge is -2.14. The van der Waals surface area contributed by atoms with Gasteiger partial charge in [0.1, 0.15) is 5.75 Å². The van der Waals surface area contributed by atoms with E-state index in [1.54, 1.807) is 0 Å². The van der Waals surface area contributed by atoms with Crippen LogP contribution in [0.25, 0.3) is 0 Å². The highest BCUT2D eigenvalue weighted by atomic mass is 16.5. The lowest BCUT2D eigenvalue weighted by atomic mass is 10.1. The first kappa shape index (κ1) is 15.1. The van der Waals surface area contributed by atoms with Crippen molar-refractivity contribution >= 4 is 5.91 Å². The van der Waals surface area contributed by atoms with Crippen molar-refractivity contribution in [3.63, 3.8) is 0 Å². The van der Waals surface area contributed by atoms with Crippen molar-refractivity contribution in [1.29, 1.82) is 0 Å². The molecular formula is C18H21NO2. The van der Waals surface area contributed by atoms with E-state index in [4.69, 9.17) is 4.74 Å². The van der Waals surface area contributed by atoms with E-state index >= 15 is 0 Å². The second-order valence-corrected chi connectivity index (χ2v) is 4.95. The Kier molecular flexibility index (Phi) is 5.38. The van der Waals surface area contributed by atoms with Gasteiger partial charge < -0.3 is 10.1 Å². The number of benzene rings is 2. The molecule has 1 N–H and O–H groups in total. The van der Waals surface area contributed by atoms with Crippen molar-refractivity contribution < 1.29 is 9.53 Å². The minimum atomic E-state index is 0.0152. The molecule has 0 spiro atoms. The van der Waals surface area contributed by atoms with Crippen LogP contribution in [0, 0.1) is 0 Å².